The first-order valence-corrected chi connectivity index (χ1v) is 4.64. The maximum Gasteiger partial charge on any atom is 0.267 e. The van der Waals surface area contributed by atoms with Crippen LogP contribution in [0.3, 0.4) is 0 Å². The van der Waals surface area contributed by atoms with Gasteiger partial charge in [0.05, 0.1) is 0 Å². The molecule has 0 aliphatic carbocycles. The normalized spacial score (nSPS) is 9.31. The van der Waals surface area contributed by atoms with Gasteiger partial charge in [-0.25, -0.2) is 4.90 Å². The van der Waals surface area contributed by atoms with E-state index in [1.54, 1.807) is 18.2 Å². The number of amides is 3. The van der Waals surface area contributed by atoms with Gasteiger partial charge >= 0.3 is 0 Å². The zero-order chi connectivity index (χ0) is 12.1. The fourth-order valence-corrected chi connectivity index (χ4v) is 1.20. The molecule has 0 atom stereocenters. The third kappa shape index (κ3) is 2.42. The predicted octanol–water partition coefficient (Wildman–Crippen LogP) is 1.39. The molecule has 0 fully saturated rings. The van der Waals surface area contributed by atoms with Crippen LogP contribution in [0.15, 0.2) is 43.0 Å². The van der Waals surface area contributed by atoms with E-state index >= 15 is 0 Å². The standard InChI is InChI=1S/C12H11NO3/c1-3-11(15)13(9(2)14)12(16)10-7-5-4-6-8-10/h3-8H,1H2,2H3. The highest BCUT2D eigenvalue weighted by atomic mass is 16.2. The second-order valence-corrected chi connectivity index (χ2v) is 3.07. The third-order valence-corrected chi connectivity index (χ3v) is 1.93. The minimum absolute atomic E-state index is 0.285. The summed E-state index contributed by atoms with van der Waals surface area (Å²) in [6.07, 6.45) is 0.933. The molecule has 0 N–H and O–H groups in total. The Hall–Kier alpha value is -2.23. The summed E-state index contributed by atoms with van der Waals surface area (Å²) in [5.41, 5.74) is 0.285. The molecule has 1 aromatic carbocycles. The molecule has 3 amide bonds. The first-order valence-electron chi connectivity index (χ1n) is 4.64. The van der Waals surface area contributed by atoms with Crippen molar-refractivity contribution in [2.75, 3.05) is 0 Å². The van der Waals surface area contributed by atoms with Crippen LogP contribution in [0.25, 0.3) is 0 Å². The van der Waals surface area contributed by atoms with E-state index in [9.17, 15) is 14.4 Å². The monoisotopic (exact) mass is 217 g/mol. The van der Waals surface area contributed by atoms with Crippen LogP contribution in [0.2, 0.25) is 0 Å². The van der Waals surface area contributed by atoms with Crippen molar-refractivity contribution in [1.82, 2.24) is 4.90 Å². The van der Waals surface area contributed by atoms with Crippen molar-refractivity contribution in [1.29, 1.82) is 0 Å². The number of hydrogen-bond acceptors (Lipinski definition) is 3. The van der Waals surface area contributed by atoms with Crippen LogP contribution in [0.4, 0.5) is 0 Å². The number of carbonyl (C=O) groups excluding carboxylic acids is 3. The smallest absolute Gasteiger partial charge is 0.267 e. The third-order valence-electron chi connectivity index (χ3n) is 1.93. The van der Waals surface area contributed by atoms with Gasteiger partial charge in [-0.3, -0.25) is 14.4 Å². The number of nitrogens with zero attached hydrogens (tertiary/aromatic N) is 1. The average molecular weight is 217 g/mol. The summed E-state index contributed by atoms with van der Waals surface area (Å²) in [4.78, 5) is 34.9. The maximum atomic E-state index is 11.8. The van der Waals surface area contributed by atoms with Crippen molar-refractivity contribution in [3.05, 3.63) is 48.6 Å². The van der Waals surface area contributed by atoms with Gasteiger partial charge in [-0.2, -0.15) is 0 Å². The molecule has 0 heterocycles. The Bertz CT molecular complexity index is 437. The van der Waals surface area contributed by atoms with Crippen molar-refractivity contribution < 1.29 is 14.4 Å². The number of rotatable bonds is 2. The topological polar surface area (TPSA) is 54.5 Å². The highest BCUT2D eigenvalue weighted by Gasteiger charge is 2.24. The zero-order valence-corrected chi connectivity index (χ0v) is 8.84. The van der Waals surface area contributed by atoms with E-state index in [2.05, 4.69) is 6.58 Å². The Morgan fingerprint density at radius 2 is 1.75 bits per heavy atom. The van der Waals surface area contributed by atoms with Gasteiger partial charge in [-0.15, -0.1) is 0 Å². The molecule has 4 nitrogen and oxygen atoms in total. The molecule has 0 aliphatic heterocycles. The second-order valence-electron chi connectivity index (χ2n) is 3.07. The van der Waals surface area contributed by atoms with Crippen molar-refractivity contribution >= 4 is 17.7 Å². The van der Waals surface area contributed by atoms with Crippen molar-refractivity contribution in [2.45, 2.75) is 6.92 Å². The van der Waals surface area contributed by atoms with Crippen LogP contribution in [0.5, 0.6) is 0 Å². The second kappa shape index (κ2) is 5.02. The van der Waals surface area contributed by atoms with Crippen LogP contribution in [-0.4, -0.2) is 22.6 Å². The first kappa shape index (κ1) is 11.8. The number of carbonyl (C=O) groups is 3. The lowest BCUT2D eigenvalue weighted by molar-refractivity contribution is -0.137. The molecule has 1 aromatic rings. The summed E-state index contributed by atoms with van der Waals surface area (Å²) in [7, 11) is 0. The quantitative estimate of drug-likeness (QED) is 0.703. The molecule has 82 valence electrons. The van der Waals surface area contributed by atoms with Gasteiger partial charge in [-0.05, 0) is 18.2 Å². The molecular formula is C12H11NO3. The molecule has 0 saturated heterocycles. The summed E-state index contributed by atoms with van der Waals surface area (Å²) in [6, 6.07) is 8.13. The Balaban J connectivity index is 3.06. The fourth-order valence-electron chi connectivity index (χ4n) is 1.20. The molecule has 1 rings (SSSR count). The lowest BCUT2D eigenvalue weighted by Crippen LogP contribution is -2.39. The summed E-state index contributed by atoms with van der Waals surface area (Å²) in [6.45, 7) is 4.40. The van der Waals surface area contributed by atoms with Gasteiger partial charge in [0, 0.05) is 12.5 Å². The van der Waals surface area contributed by atoms with Gasteiger partial charge in [0.1, 0.15) is 0 Å². The molecule has 0 aliphatic rings. The molecule has 4 heteroatoms. The maximum absolute atomic E-state index is 11.8. The summed E-state index contributed by atoms with van der Waals surface area (Å²) < 4.78 is 0. The van der Waals surface area contributed by atoms with Crippen molar-refractivity contribution in [2.24, 2.45) is 0 Å². The number of hydrogen-bond donors (Lipinski definition) is 0. The van der Waals surface area contributed by atoms with E-state index < -0.39 is 17.7 Å². The Labute approximate surface area is 93.2 Å². The van der Waals surface area contributed by atoms with Crippen LogP contribution in [0, 0.1) is 0 Å². The fraction of sp³-hybridized carbons (Fsp3) is 0.0833. The molecule has 0 saturated carbocycles. The molecule has 0 spiro atoms. The number of imide groups is 3. The molecule has 0 radical (unpaired) electrons. The molecule has 0 bridgehead atoms. The van der Waals surface area contributed by atoms with Gasteiger partial charge in [-0.1, -0.05) is 24.8 Å². The predicted molar refractivity (Wildman–Crippen MR) is 58.5 cm³/mol. The summed E-state index contributed by atoms with van der Waals surface area (Å²) in [5, 5.41) is 0. The SMILES string of the molecule is C=CC(=O)N(C(C)=O)C(=O)c1ccccc1. The van der Waals surface area contributed by atoms with Crippen LogP contribution < -0.4 is 0 Å². The highest BCUT2D eigenvalue weighted by molar-refractivity contribution is 6.18. The van der Waals surface area contributed by atoms with E-state index in [0.717, 1.165) is 13.0 Å². The van der Waals surface area contributed by atoms with E-state index in [-0.39, 0.29) is 5.56 Å². The molecule has 0 unspecified atom stereocenters. The van der Waals surface area contributed by atoms with Crippen LogP contribution >= 0.6 is 0 Å². The van der Waals surface area contributed by atoms with E-state index in [4.69, 9.17) is 0 Å². The van der Waals surface area contributed by atoms with Crippen molar-refractivity contribution in [3.63, 3.8) is 0 Å². The van der Waals surface area contributed by atoms with E-state index in [0.29, 0.717) is 4.90 Å². The lowest BCUT2D eigenvalue weighted by Gasteiger charge is -2.14. The minimum atomic E-state index is -0.721. The Morgan fingerprint density at radius 1 is 1.19 bits per heavy atom. The lowest BCUT2D eigenvalue weighted by atomic mass is 10.2. The largest absolute Gasteiger partial charge is 0.274 e. The summed E-state index contributed by atoms with van der Waals surface area (Å²) in [5.74, 6) is -1.99. The van der Waals surface area contributed by atoms with Gasteiger partial charge in [0.15, 0.2) is 0 Å². The molecular weight excluding hydrogens is 206 g/mol. The van der Waals surface area contributed by atoms with Crippen LogP contribution in [0.1, 0.15) is 17.3 Å². The minimum Gasteiger partial charge on any atom is -0.274 e. The van der Waals surface area contributed by atoms with Gasteiger partial charge in [0.2, 0.25) is 5.91 Å². The van der Waals surface area contributed by atoms with Crippen molar-refractivity contribution in [3.8, 4) is 0 Å². The van der Waals surface area contributed by atoms with E-state index in [1.807, 2.05) is 0 Å². The Morgan fingerprint density at radius 3 is 2.19 bits per heavy atom. The summed E-state index contributed by atoms with van der Waals surface area (Å²) >= 11 is 0. The Kier molecular flexibility index (Phi) is 3.72. The van der Waals surface area contributed by atoms with Gasteiger partial charge in [0.25, 0.3) is 11.8 Å². The number of benzene rings is 1. The molecule has 0 aromatic heterocycles. The average Bonchev–Trinajstić information content (AvgIpc) is 2.29. The van der Waals surface area contributed by atoms with Crippen LogP contribution in [-0.2, 0) is 9.59 Å². The first-order chi connectivity index (χ1) is 7.57. The van der Waals surface area contributed by atoms with E-state index in [1.165, 1.54) is 12.1 Å². The van der Waals surface area contributed by atoms with Gasteiger partial charge < -0.3 is 0 Å². The molecule has 16 heavy (non-hydrogen) atoms. The highest BCUT2D eigenvalue weighted by Crippen LogP contribution is 2.05. The zero-order valence-electron chi connectivity index (χ0n) is 8.84.